The summed E-state index contributed by atoms with van der Waals surface area (Å²) in [5.41, 5.74) is 0.0113. The summed E-state index contributed by atoms with van der Waals surface area (Å²) in [6.45, 7) is 4.13. The third-order valence-corrected chi connectivity index (χ3v) is 2.16. The van der Waals surface area contributed by atoms with Crippen LogP contribution in [0.1, 0.15) is 19.3 Å². The molecule has 0 aromatic heterocycles. The van der Waals surface area contributed by atoms with Crippen molar-refractivity contribution in [2.75, 3.05) is 6.54 Å². The highest BCUT2D eigenvalue weighted by Crippen LogP contribution is 2.19. The molecule has 1 rings (SSSR count). The predicted molar refractivity (Wildman–Crippen MR) is 44.7 cm³/mol. The fraction of sp³-hybridized carbons (Fsp3) is 0.714. The molecule has 0 aromatic carbocycles. The van der Waals surface area contributed by atoms with Gasteiger partial charge in [0.1, 0.15) is 6.04 Å². The lowest BCUT2D eigenvalue weighted by Gasteiger charge is -2.29. The van der Waals surface area contributed by atoms with E-state index in [4.69, 9.17) is 5.84 Å². The minimum atomic E-state index is -0.449. The van der Waals surface area contributed by atoms with E-state index in [0.29, 0.717) is 0 Å². The number of nitrogens with two attached hydrogens (primary N) is 1. The number of hydrazine groups is 1. The molecule has 1 heterocycles. The van der Waals surface area contributed by atoms with E-state index < -0.39 is 4.92 Å². The Balaban J connectivity index is 2.59. The minimum Gasteiger partial charge on any atom is -0.268 e. The van der Waals surface area contributed by atoms with E-state index in [2.05, 4.69) is 6.58 Å². The lowest BCUT2D eigenvalue weighted by atomic mass is 10.0. The van der Waals surface area contributed by atoms with Crippen molar-refractivity contribution in [3.63, 3.8) is 0 Å². The molecule has 1 saturated heterocycles. The van der Waals surface area contributed by atoms with E-state index in [0.717, 1.165) is 25.8 Å². The Hall–Kier alpha value is -0.940. The van der Waals surface area contributed by atoms with Crippen LogP contribution >= 0.6 is 0 Å². The van der Waals surface area contributed by atoms with Gasteiger partial charge in [0.2, 0.25) is 0 Å². The molecule has 1 aliphatic heterocycles. The van der Waals surface area contributed by atoms with E-state index in [-0.39, 0.29) is 11.7 Å². The zero-order valence-electron chi connectivity index (χ0n) is 6.90. The third kappa shape index (κ3) is 1.80. The normalized spacial score (nSPS) is 25.2. The van der Waals surface area contributed by atoms with Gasteiger partial charge in [0.05, 0.1) is 4.92 Å². The summed E-state index contributed by atoms with van der Waals surface area (Å²) in [7, 11) is 0. The Labute approximate surface area is 71.0 Å². The maximum atomic E-state index is 10.4. The second kappa shape index (κ2) is 3.64. The standard InChI is InChI=1S/C7H13N3O2/c1-6(10(11)12)7-4-2-3-5-9(7)8/h7H,1-5,8H2. The fourth-order valence-corrected chi connectivity index (χ4v) is 1.43. The number of nitrogens with zero attached hydrogens (tertiary/aromatic N) is 2. The zero-order valence-corrected chi connectivity index (χ0v) is 6.90. The highest BCUT2D eigenvalue weighted by atomic mass is 16.6. The van der Waals surface area contributed by atoms with Crippen LogP contribution < -0.4 is 5.84 Å². The Kier molecular flexibility index (Phi) is 2.78. The van der Waals surface area contributed by atoms with Gasteiger partial charge in [0.25, 0.3) is 5.70 Å². The Bertz CT molecular complexity index is 205. The van der Waals surface area contributed by atoms with Crippen molar-refractivity contribution >= 4 is 0 Å². The molecule has 0 spiro atoms. The molecule has 0 amide bonds. The van der Waals surface area contributed by atoms with Crippen LogP contribution in [0.2, 0.25) is 0 Å². The number of piperidine rings is 1. The van der Waals surface area contributed by atoms with Crippen LogP contribution in [0.5, 0.6) is 0 Å². The minimum absolute atomic E-state index is 0.0113. The maximum Gasteiger partial charge on any atom is 0.257 e. The molecule has 0 saturated carbocycles. The fourth-order valence-electron chi connectivity index (χ4n) is 1.43. The van der Waals surface area contributed by atoms with Crippen LogP contribution in [-0.2, 0) is 0 Å². The zero-order chi connectivity index (χ0) is 9.14. The number of hydrogen-bond acceptors (Lipinski definition) is 4. The molecule has 0 aromatic rings. The third-order valence-electron chi connectivity index (χ3n) is 2.16. The van der Waals surface area contributed by atoms with Gasteiger partial charge >= 0.3 is 0 Å². The molecule has 12 heavy (non-hydrogen) atoms. The topological polar surface area (TPSA) is 72.4 Å². The summed E-state index contributed by atoms with van der Waals surface area (Å²) < 4.78 is 0. The molecule has 1 fully saturated rings. The molecule has 0 radical (unpaired) electrons. The molecule has 1 aliphatic rings. The monoisotopic (exact) mass is 171 g/mol. The molecule has 68 valence electrons. The van der Waals surface area contributed by atoms with E-state index in [1.807, 2.05) is 0 Å². The van der Waals surface area contributed by atoms with Crippen LogP contribution in [0.15, 0.2) is 12.3 Å². The van der Waals surface area contributed by atoms with Gasteiger partial charge in [-0.3, -0.25) is 16.0 Å². The van der Waals surface area contributed by atoms with Crippen LogP contribution in [0.4, 0.5) is 0 Å². The van der Waals surface area contributed by atoms with Crippen molar-refractivity contribution in [1.29, 1.82) is 0 Å². The molecule has 1 atom stereocenters. The average Bonchev–Trinajstić information content (AvgIpc) is 2.04. The largest absolute Gasteiger partial charge is 0.268 e. The lowest BCUT2D eigenvalue weighted by molar-refractivity contribution is -0.433. The second-order valence-corrected chi connectivity index (χ2v) is 3.00. The van der Waals surface area contributed by atoms with Crippen LogP contribution in [0, 0.1) is 10.1 Å². The molecule has 5 heteroatoms. The summed E-state index contributed by atoms with van der Waals surface area (Å²) >= 11 is 0. The Morgan fingerprint density at radius 1 is 1.67 bits per heavy atom. The lowest BCUT2D eigenvalue weighted by Crippen LogP contribution is -2.46. The van der Waals surface area contributed by atoms with Gasteiger partial charge in [0.15, 0.2) is 0 Å². The van der Waals surface area contributed by atoms with Crippen molar-refractivity contribution in [2.24, 2.45) is 5.84 Å². The van der Waals surface area contributed by atoms with Crippen molar-refractivity contribution in [1.82, 2.24) is 5.01 Å². The second-order valence-electron chi connectivity index (χ2n) is 3.00. The van der Waals surface area contributed by atoms with E-state index in [1.165, 1.54) is 5.01 Å². The average molecular weight is 171 g/mol. The first kappa shape index (κ1) is 9.15. The summed E-state index contributed by atoms with van der Waals surface area (Å²) in [5.74, 6) is 5.59. The molecular weight excluding hydrogens is 158 g/mol. The maximum absolute atomic E-state index is 10.4. The Morgan fingerprint density at radius 2 is 2.33 bits per heavy atom. The Morgan fingerprint density at radius 3 is 2.83 bits per heavy atom. The van der Waals surface area contributed by atoms with Crippen molar-refractivity contribution < 1.29 is 4.92 Å². The van der Waals surface area contributed by atoms with Gasteiger partial charge in [-0.15, -0.1) is 0 Å². The molecule has 5 nitrogen and oxygen atoms in total. The highest BCUT2D eigenvalue weighted by Gasteiger charge is 2.29. The van der Waals surface area contributed by atoms with Crippen LogP contribution in [0.25, 0.3) is 0 Å². The van der Waals surface area contributed by atoms with Gasteiger partial charge in [-0.05, 0) is 25.8 Å². The highest BCUT2D eigenvalue weighted by molar-refractivity contribution is 4.97. The molecule has 1 unspecified atom stereocenters. The SMILES string of the molecule is C=C(C1CCCCN1N)[N+](=O)[O-]. The molecule has 0 aliphatic carbocycles. The quantitative estimate of drug-likeness (QED) is 0.373. The number of hydrogen-bond donors (Lipinski definition) is 1. The van der Waals surface area contributed by atoms with Gasteiger partial charge in [-0.2, -0.15) is 0 Å². The smallest absolute Gasteiger partial charge is 0.257 e. The van der Waals surface area contributed by atoms with Crippen molar-refractivity contribution in [3.05, 3.63) is 22.4 Å². The first-order valence-electron chi connectivity index (χ1n) is 3.97. The molecular formula is C7H13N3O2. The number of nitro groups is 1. The van der Waals surface area contributed by atoms with E-state index >= 15 is 0 Å². The summed E-state index contributed by atoms with van der Waals surface area (Å²) in [6.07, 6.45) is 2.75. The first-order valence-corrected chi connectivity index (χ1v) is 3.97. The summed E-state index contributed by atoms with van der Waals surface area (Å²) in [4.78, 5) is 9.92. The summed E-state index contributed by atoms with van der Waals surface area (Å²) in [6, 6.07) is -0.270. The van der Waals surface area contributed by atoms with Gasteiger partial charge in [-0.1, -0.05) is 0 Å². The first-order chi connectivity index (χ1) is 5.63. The van der Waals surface area contributed by atoms with Crippen molar-refractivity contribution in [3.8, 4) is 0 Å². The van der Waals surface area contributed by atoms with E-state index in [9.17, 15) is 10.1 Å². The van der Waals surface area contributed by atoms with Gasteiger partial charge in [0, 0.05) is 6.54 Å². The predicted octanol–water partition coefficient (Wildman–Crippen LogP) is 0.505. The van der Waals surface area contributed by atoms with Crippen LogP contribution in [0.3, 0.4) is 0 Å². The van der Waals surface area contributed by atoms with Gasteiger partial charge < -0.3 is 0 Å². The summed E-state index contributed by atoms with van der Waals surface area (Å²) in [5, 5.41) is 11.9. The van der Waals surface area contributed by atoms with Gasteiger partial charge in [-0.25, -0.2) is 5.01 Å². The van der Waals surface area contributed by atoms with Crippen LogP contribution in [-0.4, -0.2) is 22.5 Å². The molecule has 2 N–H and O–H groups in total. The molecule has 0 bridgehead atoms. The van der Waals surface area contributed by atoms with E-state index in [1.54, 1.807) is 0 Å². The van der Waals surface area contributed by atoms with Crippen molar-refractivity contribution in [2.45, 2.75) is 25.3 Å². The number of rotatable bonds is 2.